The lowest BCUT2D eigenvalue weighted by molar-refractivity contribution is 0.0897. The molecule has 94 valence electrons. The summed E-state index contributed by atoms with van der Waals surface area (Å²) < 4.78 is 13.5. The Morgan fingerprint density at radius 1 is 1.41 bits per heavy atom. The van der Waals surface area contributed by atoms with Crippen molar-refractivity contribution in [2.24, 2.45) is 0 Å². The molecule has 17 heavy (non-hydrogen) atoms. The Hall–Kier alpha value is -1.58. The van der Waals surface area contributed by atoms with Crippen molar-refractivity contribution in [3.05, 3.63) is 29.6 Å². The number of nitrogens with one attached hydrogen (secondary N) is 1. The molecule has 0 bridgehead atoms. The monoisotopic (exact) mass is 238 g/mol. The number of hydrogen-bond donors (Lipinski definition) is 2. The van der Waals surface area contributed by atoms with E-state index in [-0.39, 0.29) is 11.1 Å². The minimum absolute atomic E-state index is 0.0346. The highest BCUT2D eigenvalue weighted by atomic mass is 19.1. The molecule has 1 rings (SSSR count). The molecule has 0 aliphatic rings. The number of carbonyl (C=O) groups excluding carboxylic acids is 1. The number of nitrogen functional groups attached to an aromatic ring is 1. The Labute approximate surface area is 101 Å². The Morgan fingerprint density at radius 3 is 2.47 bits per heavy atom. The lowest BCUT2D eigenvalue weighted by Gasteiger charge is -2.28. The molecule has 3 nitrogen and oxygen atoms in total. The topological polar surface area (TPSA) is 55.1 Å². The molecule has 0 aliphatic carbocycles. The zero-order chi connectivity index (χ0) is 13.1. The third-order valence-electron chi connectivity index (χ3n) is 3.21. The first kappa shape index (κ1) is 13.5. The zero-order valence-corrected chi connectivity index (χ0v) is 10.5. The van der Waals surface area contributed by atoms with Crippen LogP contribution in [0.4, 0.5) is 10.1 Å². The molecule has 0 spiro atoms. The molecule has 3 N–H and O–H groups in total. The number of rotatable bonds is 4. The summed E-state index contributed by atoms with van der Waals surface area (Å²) in [6, 6.07) is 4.09. The molecule has 0 radical (unpaired) electrons. The van der Waals surface area contributed by atoms with E-state index >= 15 is 0 Å². The van der Waals surface area contributed by atoms with Crippen molar-refractivity contribution in [2.75, 3.05) is 5.73 Å². The van der Waals surface area contributed by atoms with Gasteiger partial charge < -0.3 is 11.1 Å². The van der Waals surface area contributed by atoms with Gasteiger partial charge in [-0.25, -0.2) is 4.39 Å². The fourth-order valence-electron chi connectivity index (χ4n) is 1.48. The first-order valence-corrected chi connectivity index (χ1v) is 5.79. The van der Waals surface area contributed by atoms with Gasteiger partial charge in [0.1, 0.15) is 5.82 Å². The molecule has 1 aromatic rings. The standard InChI is InChI=1S/C13H19FN2O/c1-4-13(3,5-2)16-12(17)10-7-6-9(15)8-11(10)14/h6-8H,4-5,15H2,1-3H3,(H,16,17). The van der Waals surface area contributed by atoms with Gasteiger partial charge in [-0.2, -0.15) is 0 Å². The highest BCUT2D eigenvalue weighted by Gasteiger charge is 2.23. The van der Waals surface area contributed by atoms with Gasteiger partial charge in [-0.1, -0.05) is 13.8 Å². The van der Waals surface area contributed by atoms with E-state index in [2.05, 4.69) is 5.32 Å². The second kappa shape index (κ2) is 5.17. The van der Waals surface area contributed by atoms with Gasteiger partial charge >= 0.3 is 0 Å². The largest absolute Gasteiger partial charge is 0.399 e. The number of amides is 1. The summed E-state index contributed by atoms with van der Waals surface area (Å²) in [6.45, 7) is 5.92. The van der Waals surface area contributed by atoms with Gasteiger partial charge in [0, 0.05) is 11.2 Å². The van der Waals surface area contributed by atoms with Gasteiger partial charge in [-0.3, -0.25) is 4.79 Å². The van der Waals surface area contributed by atoms with Crippen molar-refractivity contribution < 1.29 is 9.18 Å². The van der Waals surface area contributed by atoms with E-state index in [1.54, 1.807) is 0 Å². The quantitative estimate of drug-likeness (QED) is 0.792. The molecule has 0 saturated heterocycles. The van der Waals surface area contributed by atoms with Crippen LogP contribution >= 0.6 is 0 Å². The number of benzene rings is 1. The van der Waals surface area contributed by atoms with Crippen LogP contribution in [0, 0.1) is 5.82 Å². The number of halogens is 1. The first-order valence-electron chi connectivity index (χ1n) is 5.79. The number of hydrogen-bond acceptors (Lipinski definition) is 2. The average Bonchev–Trinajstić information content (AvgIpc) is 2.28. The van der Waals surface area contributed by atoms with Gasteiger partial charge in [-0.15, -0.1) is 0 Å². The fourth-order valence-corrected chi connectivity index (χ4v) is 1.48. The molecule has 0 saturated carbocycles. The maximum Gasteiger partial charge on any atom is 0.254 e. The lowest BCUT2D eigenvalue weighted by atomic mass is 9.95. The highest BCUT2D eigenvalue weighted by molar-refractivity contribution is 5.95. The molecule has 0 heterocycles. The van der Waals surface area contributed by atoms with E-state index in [1.165, 1.54) is 12.1 Å². The average molecular weight is 238 g/mol. The number of carbonyl (C=O) groups is 1. The molecule has 0 aromatic heterocycles. The fraction of sp³-hybridized carbons (Fsp3) is 0.462. The molecule has 0 fully saturated rings. The van der Waals surface area contributed by atoms with Gasteiger partial charge in [0.25, 0.3) is 5.91 Å². The van der Waals surface area contributed by atoms with E-state index in [0.717, 1.165) is 18.9 Å². The molecule has 0 aliphatic heterocycles. The minimum Gasteiger partial charge on any atom is -0.399 e. The number of nitrogens with two attached hydrogens (primary N) is 1. The second-order valence-electron chi connectivity index (χ2n) is 4.46. The zero-order valence-electron chi connectivity index (χ0n) is 10.5. The van der Waals surface area contributed by atoms with Crippen LogP contribution in [-0.2, 0) is 0 Å². The van der Waals surface area contributed by atoms with Crippen LogP contribution in [0.1, 0.15) is 44.0 Å². The van der Waals surface area contributed by atoms with E-state index < -0.39 is 11.7 Å². The van der Waals surface area contributed by atoms with Crippen LogP contribution in [0.3, 0.4) is 0 Å². The van der Waals surface area contributed by atoms with Gasteiger partial charge in [0.05, 0.1) is 5.56 Å². The van der Waals surface area contributed by atoms with Gasteiger partial charge in [0.2, 0.25) is 0 Å². The first-order chi connectivity index (χ1) is 7.91. The van der Waals surface area contributed by atoms with Crippen molar-refractivity contribution in [3.8, 4) is 0 Å². The Bertz CT molecular complexity index is 414. The van der Waals surface area contributed by atoms with Crippen molar-refractivity contribution in [2.45, 2.75) is 39.2 Å². The predicted octanol–water partition coefficient (Wildman–Crippen LogP) is 2.72. The summed E-state index contributed by atoms with van der Waals surface area (Å²) >= 11 is 0. The SMILES string of the molecule is CCC(C)(CC)NC(=O)c1ccc(N)cc1F. The minimum atomic E-state index is -0.586. The maximum absolute atomic E-state index is 13.5. The third-order valence-corrected chi connectivity index (χ3v) is 3.21. The number of anilines is 1. The van der Waals surface area contributed by atoms with E-state index in [9.17, 15) is 9.18 Å². The molecule has 4 heteroatoms. The van der Waals surface area contributed by atoms with Crippen molar-refractivity contribution >= 4 is 11.6 Å². The van der Waals surface area contributed by atoms with Crippen LogP contribution < -0.4 is 11.1 Å². The van der Waals surface area contributed by atoms with Crippen LogP contribution in [-0.4, -0.2) is 11.4 Å². The molecule has 1 aromatic carbocycles. The van der Waals surface area contributed by atoms with Gasteiger partial charge in [-0.05, 0) is 38.0 Å². The Kier molecular flexibility index (Phi) is 4.10. The van der Waals surface area contributed by atoms with E-state index in [4.69, 9.17) is 5.73 Å². The molecule has 0 atom stereocenters. The predicted molar refractivity (Wildman–Crippen MR) is 67.3 cm³/mol. The summed E-state index contributed by atoms with van der Waals surface area (Å²) in [5.74, 6) is -0.981. The highest BCUT2D eigenvalue weighted by Crippen LogP contribution is 2.17. The van der Waals surface area contributed by atoms with Crippen LogP contribution in [0.25, 0.3) is 0 Å². The van der Waals surface area contributed by atoms with Crippen LogP contribution in [0.15, 0.2) is 18.2 Å². The molecular formula is C13H19FN2O. The Morgan fingerprint density at radius 2 is 2.00 bits per heavy atom. The van der Waals surface area contributed by atoms with Crippen molar-refractivity contribution in [1.82, 2.24) is 5.32 Å². The van der Waals surface area contributed by atoms with Crippen LogP contribution in [0.5, 0.6) is 0 Å². The third kappa shape index (κ3) is 3.19. The van der Waals surface area contributed by atoms with Gasteiger partial charge in [0.15, 0.2) is 0 Å². The Balaban J connectivity index is 2.90. The summed E-state index contributed by atoms with van der Waals surface area (Å²) in [6.07, 6.45) is 1.59. The van der Waals surface area contributed by atoms with Crippen molar-refractivity contribution in [1.29, 1.82) is 0 Å². The van der Waals surface area contributed by atoms with Crippen molar-refractivity contribution in [3.63, 3.8) is 0 Å². The smallest absolute Gasteiger partial charge is 0.254 e. The maximum atomic E-state index is 13.5. The molecular weight excluding hydrogens is 219 g/mol. The molecule has 1 amide bonds. The summed E-state index contributed by atoms with van der Waals surface area (Å²) in [5, 5.41) is 2.85. The summed E-state index contributed by atoms with van der Waals surface area (Å²) in [4.78, 5) is 11.9. The lowest BCUT2D eigenvalue weighted by Crippen LogP contribution is -2.45. The molecule has 0 unspecified atom stereocenters. The summed E-state index contributed by atoms with van der Waals surface area (Å²) in [7, 11) is 0. The summed E-state index contributed by atoms with van der Waals surface area (Å²) in [5.41, 5.74) is 5.48. The second-order valence-corrected chi connectivity index (χ2v) is 4.46. The normalized spacial score (nSPS) is 11.3. The van der Waals surface area contributed by atoms with E-state index in [0.29, 0.717) is 5.69 Å². The van der Waals surface area contributed by atoms with Crippen LogP contribution in [0.2, 0.25) is 0 Å². The van der Waals surface area contributed by atoms with E-state index in [1.807, 2.05) is 20.8 Å².